The maximum Gasteiger partial charge on any atom is 0.311 e. The summed E-state index contributed by atoms with van der Waals surface area (Å²) in [7, 11) is 0. The molecule has 142 valence electrons. The summed E-state index contributed by atoms with van der Waals surface area (Å²) in [4.78, 5) is 24.8. The molecule has 1 unspecified atom stereocenters. The van der Waals surface area contributed by atoms with Gasteiger partial charge in [-0.3, -0.25) is 14.9 Å². The number of azide groups is 1. The van der Waals surface area contributed by atoms with Gasteiger partial charge in [-0.1, -0.05) is 55.8 Å². The minimum absolute atomic E-state index is 0.0876. The number of aliphatic carboxylic acids is 1. The van der Waals surface area contributed by atoms with Gasteiger partial charge in [0.1, 0.15) is 0 Å². The summed E-state index contributed by atoms with van der Waals surface area (Å²) >= 11 is 0. The summed E-state index contributed by atoms with van der Waals surface area (Å²) in [6.07, 6.45) is 7.24. The molecule has 0 aliphatic heterocycles. The van der Waals surface area contributed by atoms with E-state index in [-0.39, 0.29) is 16.9 Å². The van der Waals surface area contributed by atoms with Crippen LogP contribution in [0.3, 0.4) is 0 Å². The van der Waals surface area contributed by atoms with E-state index in [1.54, 1.807) is 0 Å². The van der Waals surface area contributed by atoms with E-state index in [0.29, 0.717) is 19.4 Å². The smallest absolute Gasteiger partial charge is 0.311 e. The molecule has 3 N–H and O–H groups in total. The first-order valence-corrected chi connectivity index (χ1v) is 8.77. The fourth-order valence-electron chi connectivity index (χ4n) is 2.89. The van der Waals surface area contributed by atoms with Gasteiger partial charge in [-0.05, 0) is 24.9 Å². The Labute approximate surface area is 152 Å². The van der Waals surface area contributed by atoms with E-state index < -0.39 is 16.8 Å². The second-order valence-corrected chi connectivity index (χ2v) is 6.13. The number of nitrogens with two attached hydrogens (primary N) is 1. The highest BCUT2D eigenvalue weighted by molar-refractivity contribution is 5.78. The van der Waals surface area contributed by atoms with E-state index in [2.05, 4.69) is 10.0 Å². The van der Waals surface area contributed by atoms with Gasteiger partial charge < -0.3 is 10.8 Å². The number of hydrogen-bond acceptors (Lipinski definition) is 5. The number of nitro benzene ring substituents is 1. The zero-order valence-electron chi connectivity index (χ0n) is 14.7. The molecule has 9 heteroatoms. The second-order valence-electron chi connectivity index (χ2n) is 6.13. The monoisotopic (exact) mass is 363 g/mol. The van der Waals surface area contributed by atoms with Crippen LogP contribution in [0.5, 0.6) is 0 Å². The van der Waals surface area contributed by atoms with E-state index in [9.17, 15) is 20.0 Å². The Morgan fingerprint density at radius 2 is 1.85 bits per heavy atom. The number of rotatable bonds is 13. The zero-order chi connectivity index (χ0) is 19.4. The summed E-state index contributed by atoms with van der Waals surface area (Å²) in [5.74, 6) is -2.04. The van der Waals surface area contributed by atoms with Crippen LogP contribution >= 0.6 is 0 Å². The van der Waals surface area contributed by atoms with Crippen molar-refractivity contribution in [2.24, 2.45) is 10.8 Å². The fraction of sp³-hybridized carbons (Fsp3) is 0.588. The van der Waals surface area contributed by atoms with Gasteiger partial charge in [0, 0.05) is 22.2 Å². The fourth-order valence-corrected chi connectivity index (χ4v) is 2.89. The first kappa shape index (κ1) is 21.4. The van der Waals surface area contributed by atoms with Gasteiger partial charge in [0.15, 0.2) is 0 Å². The highest BCUT2D eigenvalue weighted by atomic mass is 16.6. The molecule has 0 aromatic heterocycles. The predicted octanol–water partition coefficient (Wildman–Crippen LogP) is 4.78. The van der Waals surface area contributed by atoms with Crippen LogP contribution in [0, 0.1) is 10.1 Å². The molecule has 9 nitrogen and oxygen atoms in total. The first-order valence-electron chi connectivity index (χ1n) is 8.77. The summed E-state index contributed by atoms with van der Waals surface area (Å²) in [5.41, 5.74) is 13.8. The maximum absolute atomic E-state index is 11.6. The Bertz CT molecular complexity index is 659. The van der Waals surface area contributed by atoms with Crippen molar-refractivity contribution in [1.29, 1.82) is 0 Å². The van der Waals surface area contributed by atoms with E-state index >= 15 is 0 Å². The molecular weight excluding hydrogens is 338 g/mol. The van der Waals surface area contributed by atoms with Crippen LogP contribution < -0.4 is 5.73 Å². The normalized spacial score (nSPS) is 11.6. The number of carboxylic acids is 1. The van der Waals surface area contributed by atoms with E-state index in [0.717, 1.165) is 44.6 Å². The lowest BCUT2D eigenvalue weighted by molar-refractivity contribution is -0.385. The molecule has 0 aliphatic rings. The van der Waals surface area contributed by atoms with Crippen molar-refractivity contribution >= 4 is 17.3 Å². The van der Waals surface area contributed by atoms with Crippen LogP contribution in [0.25, 0.3) is 10.4 Å². The molecule has 0 heterocycles. The maximum atomic E-state index is 11.6. The molecule has 1 aromatic rings. The molecule has 0 saturated carbocycles. The van der Waals surface area contributed by atoms with Gasteiger partial charge in [0.2, 0.25) is 0 Å². The molecule has 1 atom stereocenters. The van der Waals surface area contributed by atoms with Crippen molar-refractivity contribution in [3.8, 4) is 0 Å². The SMILES string of the molecule is [N-]=[N+]=Nc1ccc(C(CCCCCCCCCN)C(=O)O)c([N+](=O)[O-])c1. The molecule has 0 fully saturated rings. The quantitative estimate of drug-likeness (QED) is 0.129. The summed E-state index contributed by atoms with van der Waals surface area (Å²) in [6, 6.07) is 3.88. The average Bonchev–Trinajstić information content (AvgIpc) is 2.60. The van der Waals surface area contributed by atoms with E-state index in [1.807, 2.05) is 0 Å². The van der Waals surface area contributed by atoms with E-state index in [1.165, 1.54) is 12.1 Å². The minimum atomic E-state index is -1.09. The number of nitrogens with zero attached hydrogens (tertiary/aromatic N) is 4. The minimum Gasteiger partial charge on any atom is -0.481 e. The zero-order valence-corrected chi connectivity index (χ0v) is 14.7. The molecule has 0 aliphatic carbocycles. The molecule has 0 amide bonds. The Kier molecular flexibility index (Phi) is 9.74. The largest absolute Gasteiger partial charge is 0.481 e. The highest BCUT2D eigenvalue weighted by Gasteiger charge is 2.27. The molecule has 0 radical (unpaired) electrons. The number of benzene rings is 1. The van der Waals surface area contributed by atoms with Gasteiger partial charge in [-0.2, -0.15) is 0 Å². The van der Waals surface area contributed by atoms with Crippen LogP contribution in [0.1, 0.15) is 62.8 Å². The third kappa shape index (κ3) is 7.08. The number of carboxylic acid groups (broad SMARTS) is 1. The summed E-state index contributed by atoms with van der Waals surface area (Å²) < 4.78 is 0. The Morgan fingerprint density at radius 1 is 1.23 bits per heavy atom. The van der Waals surface area contributed by atoms with Crippen molar-refractivity contribution in [3.63, 3.8) is 0 Å². The second kappa shape index (κ2) is 11.8. The van der Waals surface area contributed by atoms with Crippen molar-refractivity contribution in [2.75, 3.05) is 6.54 Å². The third-order valence-electron chi connectivity index (χ3n) is 4.24. The Balaban J connectivity index is 2.70. The van der Waals surface area contributed by atoms with Crippen LogP contribution in [0.2, 0.25) is 0 Å². The van der Waals surface area contributed by atoms with Gasteiger partial charge in [0.25, 0.3) is 5.69 Å². The molecule has 1 rings (SSSR count). The number of hydrogen-bond donors (Lipinski definition) is 2. The van der Waals surface area contributed by atoms with Crippen molar-refractivity contribution in [2.45, 2.75) is 57.3 Å². The topological polar surface area (TPSA) is 155 Å². The number of unbranched alkanes of at least 4 members (excludes halogenated alkanes) is 6. The van der Waals surface area contributed by atoms with Crippen molar-refractivity contribution in [1.82, 2.24) is 0 Å². The van der Waals surface area contributed by atoms with Gasteiger partial charge in [-0.15, -0.1) is 0 Å². The van der Waals surface area contributed by atoms with Crippen molar-refractivity contribution in [3.05, 3.63) is 44.3 Å². The van der Waals surface area contributed by atoms with Gasteiger partial charge in [0.05, 0.1) is 10.8 Å². The molecular formula is C17H25N5O4. The molecule has 0 spiro atoms. The van der Waals surface area contributed by atoms with Gasteiger partial charge in [-0.25, -0.2) is 0 Å². The van der Waals surface area contributed by atoms with E-state index in [4.69, 9.17) is 11.3 Å². The molecule has 1 aromatic carbocycles. The summed E-state index contributed by atoms with van der Waals surface area (Å²) in [5, 5.41) is 24.1. The lowest BCUT2D eigenvalue weighted by atomic mass is 9.91. The van der Waals surface area contributed by atoms with Crippen LogP contribution in [0.4, 0.5) is 11.4 Å². The standard InChI is InChI=1S/C17H25N5O4/c18-11-7-5-3-1-2-4-6-8-15(17(23)24)14-10-9-13(20-21-19)12-16(14)22(25)26/h9-10,12,15H,1-8,11,18H2,(H,23,24). The average molecular weight is 363 g/mol. The van der Waals surface area contributed by atoms with Crippen LogP contribution in [-0.2, 0) is 4.79 Å². The summed E-state index contributed by atoms with van der Waals surface area (Å²) in [6.45, 7) is 0.706. The predicted molar refractivity (Wildman–Crippen MR) is 98.3 cm³/mol. The van der Waals surface area contributed by atoms with Crippen molar-refractivity contribution < 1.29 is 14.8 Å². The highest BCUT2D eigenvalue weighted by Crippen LogP contribution is 2.34. The Hall–Kier alpha value is -2.64. The number of carbonyl (C=O) groups is 1. The lowest BCUT2D eigenvalue weighted by Gasteiger charge is -2.13. The molecule has 26 heavy (non-hydrogen) atoms. The lowest BCUT2D eigenvalue weighted by Crippen LogP contribution is -2.13. The van der Waals surface area contributed by atoms with Crippen LogP contribution in [-0.4, -0.2) is 22.5 Å². The van der Waals surface area contributed by atoms with Crippen LogP contribution in [0.15, 0.2) is 23.3 Å². The molecule has 0 bridgehead atoms. The third-order valence-corrected chi connectivity index (χ3v) is 4.24. The Morgan fingerprint density at radius 3 is 2.38 bits per heavy atom. The molecule has 0 saturated heterocycles. The first-order chi connectivity index (χ1) is 12.5. The van der Waals surface area contributed by atoms with Gasteiger partial charge >= 0.3 is 5.97 Å². The number of nitro groups is 1.